The standard InChI is InChI=1S/C13H22N4O8/c1-6(13(24)25)15-12(23)8(5-18)17-11(22)7(2-3-10(20)21)16-9(19)4-14/h6-8,18H,2-5,14H2,1H3,(H,15,23)(H,16,19)(H,17,22)(H,20,21)(H,24,25). The summed E-state index contributed by atoms with van der Waals surface area (Å²) in [6, 6.07) is -4.01. The Morgan fingerprint density at radius 2 is 1.52 bits per heavy atom. The topological polar surface area (TPSA) is 208 Å². The van der Waals surface area contributed by atoms with Crippen LogP contribution in [0.5, 0.6) is 0 Å². The van der Waals surface area contributed by atoms with Gasteiger partial charge in [-0.1, -0.05) is 0 Å². The van der Waals surface area contributed by atoms with E-state index in [0.717, 1.165) is 0 Å². The number of nitrogens with one attached hydrogen (secondary N) is 3. The summed E-state index contributed by atoms with van der Waals surface area (Å²) >= 11 is 0. The fourth-order valence-electron chi connectivity index (χ4n) is 1.63. The first kappa shape index (κ1) is 22.3. The minimum atomic E-state index is -1.48. The molecule has 3 unspecified atom stereocenters. The van der Waals surface area contributed by atoms with E-state index >= 15 is 0 Å². The molecule has 12 heteroatoms. The van der Waals surface area contributed by atoms with Gasteiger partial charge in [0.1, 0.15) is 18.1 Å². The number of hydrogen-bond acceptors (Lipinski definition) is 7. The van der Waals surface area contributed by atoms with Crippen molar-refractivity contribution in [3.05, 3.63) is 0 Å². The molecule has 0 aliphatic carbocycles. The van der Waals surface area contributed by atoms with Crippen LogP contribution in [0.25, 0.3) is 0 Å². The van der Waals surface area contributed by atoms with Gasteiger partial charge in [-0.15, -0.1) is 0 Å². The molecule has 0 saturated carbocycles. The van der Waals surface area contributed by atoms with Crippen LogP contribution in [0.4, 0.5) is 0 Å². The molecule has 0 fully saturated rings. The SMILES string of the molecule is CC(NC(=O)C(CO)NC(=O)C(CCC(=O)O)NC(=O)CN)C(=O)O. The summed E-state index contributed by atoms with van der Waals surface area (Å²) in [6.07, 6.45) is -0.701. The van der Waals surface area contributed by atoms with Crippen LogP contribution in [-0.2, 0) is 24.0 Å². The number of carboxylic acid groups (broad SMARTS) is 2. The molecule has 8 N–H and O–H groups in total. The Morgan fingerprint density at radius 1 is 0.960 bits per heavy atom. The monoisotopic (exact) mass is 362 g/mol. The molecule has 0 rings (SSSR count). The molecule has 0 aliphatic rings. The van der Waals surface area contributed by atoms with Crippen LogP contribution >= 0.6 is 0 Å². The van der Waals surface area contributed by atoms with Crippen molar-refractivity contribution >= 4 is 29.7 Å². The van der Waals surface area contributed by atoms with Gasteiger partial charge in [-0.2, -0.15) is 0 Å². The zero-order valence-electron chi connectivity index (χ0n) is 13.5. The van der Waals surface area contributed by atoms with E-state index < -0.39 is 67.4 Å². The highest BCUT2D eigenvalue weighted by Gasteiger charge is 2.28. The number of aliphatic carboxylic acids is 2. The van der Waals surface area contributed by atoms with E-state index in [9.17, 15) is 29.1 Å². The lowest BCUT2D eigenvalue weighted by atomic mass is 10.1. The Labute approximate surface area is 142 Å². The first-order valence-corrected chi connectivity index (χ1v) is 7.28. The van der Waals surface area contributed by atoms with Gasteiger partial charge in [-0.05, 0) is 13.3 Å². The van der Waals surface area contributed by atoms with Crippen LogP contribution in [0, 0.1) is 0 Å². The van der Waals surface area contributed by atoms with Gasteiger partial charge in [0.05, 0.1) is 13.2 Å². The van der Waals surface area contributed by atoms with Crippen LogP contribution in [0.2, 0.25) is 0 Å². The smallest absolute Gasteiger partial charge is 0.325 e. The molecule has 0 bridgehead atoms. The highest BCUT2D eigenvalue weighted by atomic mass is 16.4. The molecular weight excluding hydrogens is 340 g/mol. The lowest BCUT2D eigenvalue weighted by Crippen LogP contribution is -2.57. The van der Waals surface area contributed by atoms with Gasteiger partial charge in [-0.3, -0.25) is 24.0 Å². The first-order valence-electron chi connectivity index (χ1n) is 7.28. The van der Waals surface area contributed by atoms with Gasteiger partial charge in [-0.25, -0.2) is 0 Å². The average Bonchev–Trinajstić information content (AvgIpc) is 2.55. The van der Waals surface area contributed by atoms with Crippen molar-refractivity contribution in [2.24, 2.45) is 5.73 Å². The molecule has 0 aromatic heterocycles. The maximum Gasteiger partial charge on any atom is 0.325 e. The van der Waals surface area contributed by atoms with Crippen LogP contribution in [0.3, 0.4) is 0 Å². The second-order valence-electron chi connectivity index (χ2n) is 5.07. The highest BCUT2D eigenvalue weighted by molar-refractivity contribution is 5.93. The second-order valence-corrected chi connectivity index (χ2v) is 5.07. The molecule has 0 aromatic carbocycles. The molecule has 3 amide bonds. The third-order valence-corrected chi connectivity index (χ3v) is 3.03. The summed E-state index contributed by atoms with van der Waals surface area (Å²) in [7, 11) is 0. The molecule has 0 heterocycles. The van der Waals surface area contributed by atoms with Gasteiger partial charge in [0, 0.05) is 6.42 Å². The van der Waals surface area contributed by atoms with Crippen LogP contribution in [0.15, 0.2) is 0 Å². The summed E-state index contributed by atoms with van der Waals surface area (Å²) in [6.45, 7) is -0.0785. The van der Waals surface area contributed by atoms with Crippen molar-refractivity contribution in [3.63, 3.8) is 0 Å². The largest absolute Gasteiger partial charge is 0.481 e. The molecular formula is C13H22N4O8. The van der Waals surface area contributed by atoms with Crippen molar-refractivity contribution in [2.45, 2.75) is 37.9 Å². The number of nitrogens with two attached hydrogens (primary N) is 1. The summed E-state index contributed by atoms with van der Waals surface area (Å²) in [5.74, 6) is -5.10. The number of aliphatic hydroxyl groups excluding tert-OH is 1. The van der Waals surface area contributed by atoms with E-state index in [1.807, 2.05) is 0 Å². The number of aliphatic hydroxyl groups is 1. The Balaban J connectivity index is 4.95. The number of amides is 3. The molecule has 0 saturated heterocycles. The third kappa shape index (κ3) is 8.62. The zero-order chi connectivity index (χ0) is 19.6. The van der Waals surface area contributed by atoms with E-state index in [4.69, 9.17) is 15.9 Å². The summed E-state index contributed by atoms with van der Waals surface area (Å²) in [4.78, 5) is 56.6. The first-order chi connectivity index (χ1) is 11.6. The number of hydrogen-bond donors (Lipinski definition) is 7. The van der Waals surface area contributed by atoms with Gasteiger partial charge in [0.15, 0.2) is 0 Å². The number of carbonyl (C=O) groups excluding carboxylic acids is 3. The van der Waals surface area contributed by atoms with Crippen LogP contribution in [0.1, 0.15) is 19.8 Å². The zero-order valence-corrected chi connectivity index (χ0v) is 13.5. The van der Waals surface area contributed by atoms with Gasteiger partial charge in [0.2, 0.25) is 17.7 Å². The summed E-state index contributed by atoms with van der Waals surface area (Å²) in [5, 5.41) is 33.0. The normalized spacial score (nSPS) is 13.9. The summed E-state index contributed by atoms with van der Waals surface area (Å²) < 4.78 is 0. The maximum absolute atomic E-state index is 12.1. The van der Waals surface area contributed by atoms with Gasteiger partial charge in [0.25, 0.3) is 0 Å². The van der Waals surface area contributed by atoms with E-state index in [2.05, 4.69) is 16.0 Å². The fraction of sp³-hybridized carbons (Fsp3) is 0.615. The van der Waals surface area contributed by atoms with E-state index in [-0.39, 0.29) is 6.42 Å². The van der Waals surface area contributed by atoms with Crippen molar-refractivity contribution in [1.82, 2.24) is 16.0 Å². The highest BCUT2D eigenvalue weighted by Crippen LogP contribution is 2.00. The quantitative estimate of drug-likeness (QED) is 0.193. The average molecular weight is 362 g/mol. The Bertz CT molecular complexity index is 524. The lowest BCUT2D eigenvalue weighted by Gasteiger charge is -2.22. The molecule has 3 atom stereocenters. The predicted molar refractivity (Wildman–Crippen MR) is 82.1 cm³/mol. The minimum absolute atomic E-state index is 0.266. The van der Waals surface area contributed by atoms with Crippen molar-refractivity contribution in [3.8, 4) is 0 Å². The Morgan fingerprint density at radius 3 is 1.96 bits per heavy atom. The van der Waals surface area contributed by atoms with Gasteiger partial charge < -0.3 is 37.0 Å². The molecule has 25 heavy (non-hydrogen) atoms. The molecule has 0 aliphatic heterocycles. The third-order valence-electron chi connectivity index (χ3n) is 3.03. The van der Waals surface area contributed by atoms with Crippen LogP contribution < -0.4 is 21.7 Å². The number of carboxylic acids is 2. The minimum Gasteiger partial charge on any atom is -0.481 e. The van der Waals surface area contributed by atoms with Crippen molar-refractivity contribution < 1.29 is 39.3 Å². The fourth-order valence-corrected chi connectivity index (χ4v) is 1.63. The molecule has 0 radical (unpaired) electrons. The van der Waals surface area contributed by atoms with E-state index in [1.54, 1.807) is 0 Å². The van der Waals surface area contributed by atoms with Crippen molar-refractivity contribution in [1.29, 1.82) is 0 Å². The summed E-state index contributed by atoms with van der Waals surface area (Å²) in [5.41, 5.74) is 5.12. The second kappa shape index (κ2) is 10.9. The van der Waals surface area contributed by atoms with E-state index in [0.29, 0.717) is 0 Å². The predicted octanol–water partition coefficient (Wildman–Crippen LogP) is -3.64. The number of carbonyl (C=O) groups is 5. The Hall–Kier alpha value is -2.73. The van der Waals surface area contributed by atoms with Gasteiger partial charge >= 0.3 is 11.9 Å². The molecule has 0 aromatic rings. The molecule has 0 spiro atoms. The van der Waals surface area contributed by atoms with Crippen molar-refractivity contribution in [2.75, 3.05) is 13.2 Å². The van der Waals surface area contributed by atoms with Crippen LogP contribution in [-0.4, -0.2) is 76.3 Å². The molecule has 12 nitrogen and oxygen atoms in total. The molecule has 142 valence electrons. The number of rotatable bonds is 11. The van der Waals surface area contributed by atoms with E-state index in [1.165, 1.54) is 6.92 Å². The Kier molecular flexibility index (Phi) is 9.74. The lowest BCUT2D eigenvalue weighted by molar-refractivity contribution is -0.142. The maximum atomic E-state index is 12.1.